The molecule has 0 bridgehead atoms. The fourth-order valence-corrected chi connectivity index (χ4v) is 4.18. The van der Waals surface area contributed by atoms with Crippen LogP contribution in [0.1, 0.15) is 9.75 Å². The Morgan fingerprint density at radius 2 is 1.94 bits per heavy atom. The summed E-state index contributed by atoms with van der Waals surface area (Å²) in [6, 6.07) is 8.84. The van der Waals surface area contributed by atoms with Crippen LogP contribution in [0.15, 0.2) is 48.4 Å². The van der Waals surface area contributed by atoms with Gasteiger partial charge in [0.2, 0.25) is 0 Å². The molecule has 0 spiro atoms. The van der Waals surface area contributed by atoms with Gasteiger partial charge in [0, 0.05) is 25.3 Å². The van der Waals surface area contributed by atoms with Gasteiger partial charge in [-0.3, -0.25) is 0 Å². The van der Waals surface area contributed by atoms with Crippen LogP contribution in [0, 0.1) is 6.92 Å². The smallest absolute Gasteiger partial charge is 0.0445 e. The van der Waals surface area contributed by atoms with Gasteiger partial charge in [-0.15, -0.1) is 34.4 Å². The Bertz CT molecular complexity index is 517. The van der Waals surface area contributed by atoms with E-state index < -0.39 is 0 Å². The zero-order valence-electron chi connectivity index (χ0n) is 9.68. The highest BCUT2D eigenvalue weighted by atomic mass is 32.2. The molecule has 2 aromatic heterocycles. The Morgan fingerprint density at radius 3 is 2.65 bits per heavy atom. The average Bonchev–Trinajstić information content (AvgIpc) is 2.93. The molecule has 0 aromatic carbocycles. The molecular weight excluding hydrogens is 264 g/mol. The molecule has 0 saturated heterocycles. The van der Waals surface area contributed by atoms with Crippen LogP contribution in [0.5, 0.6) is 0 Å². The van der Waals surface area contributed by atoms with Gasteiger partial charge in [-0.05, 0) is 36.6 Å². The lowest BCUT2D eigenvalue weighted by atomic mass is 10.3. The van der Waals surface area contributed by atoms with E-state index in [-0.39, 0.29) is 0 Å². The Labute approximate surface area is 115 Å². The maximum absolute atomic E-state index is 3.66. The highest BCUT2D eigenvalue weighted by Gasteiger charge is 2.04. The van der Waals surface area contributed by atoms with Crippen molar-refractivity contribution in [3.8, 4) is 9.75 Å². The molecular formula is C14H14S3. The molecule has 2 aromatic rings. The summed E-state index contributed by atoms with van der Waals surface area (Å²) in [5.41, 5.74) is 0. The molecule has 0 aliphatic carbocycles. The van der Waals surface area contributed by atoms with Gasteiger partial charge in [0.1, 0.15) is 0 Å². The Balaban J connectivity index is 2.01. The van der Waals surface area contributed by atoms with E-state index in [9.17, 15) is 0 Å². The quantitative estimate of drug-likeness (QED) is 0.630. The van der Waals surface area contributed by atoms with Crippen molar-refractivity contribution < 1.29 is 0 Å². The number of aryl methyl sites for hydroxylation is 1. The third kappa shape index (κ3) is 3.60. The molecule has 0 amide bonds. The van der Waals surface area contributed by atoms with Crippen LogP contribution in [0.3, 0.4) is 0 Å². The maximum atomic E-state index is 3.66. The van der Waals surface area contributed by atoms with Crippen LogP contribution in [0.2, 0.25) is 0 Å². The Kier molecular flexibility index (Phi) is 4.66. The van der Waals surface area contributed by atoms with E-state index in [1.165, 1.54) is 19.5 Å². The molecule has 0 radical (unpaired) electrons. The SMILES string of the molecule is C=CC=CSCc1ccc(-c2ccc(C)s2)s1. The minimum Gasteiger partial charge on any atom is -0.140 e. The van der Waals surface area contributed by atoms with Crippen molar-refractivity contribution >= 4 is 34.4 Å². The molecule has 0 N–H and O–H groups in total. The van der Waals surface area contributed by atoms with Gasteiger partial charge in [0.15, 0.2) is 0 Å². The summed E-state index contributed by atoms with van der Waals surface area (Å²) in [7, 11) is 0. The summed E-state index contributed by atoms with van der Waals surface area (Å²) in [4.78, 5) is 5.56. The second-order valence-corrected chi connectivity index (χ2v) is 6.90. The average molecular weight is 278 g/mol. The van der Waals surface area contributed by atoms with Crippen LogP contribution in [-0.4, -0.2) is 0 Å². The van der Waals surface area contributed by atoms with Crippen molar-refractivity contribution in [3.63, 3.8) is 0 Å². The fourth-order valence-electron chi connectivity index (χ4n) is 1.40. The van der Waals surface area contributed by atoms with E-state index in [2.05, 4.69) is 43.2 Å². The topological polar surface area (TPSA) is 0 Å². The first kappa shape index (κ1) is 12.7. The largest absolute Gasteiger partial charge is 0.140 e. The van der Waals surface area contributed by atoms with Crippen LogP contribution < -0.4 is 0 Å². The molecule has 88 valence electrons. The molecule has 17 heavy (non-hydrogen) atoms. The van der Waals surface area contributed by atoms with Gasteiger partial charge in [0.25, 0.3) is 0 Å². The minimum atomic E-state index is 1.04. The van der Waals surface area contributed by atoms with Crippen LogP contribution in [0.4, 0.5) is 0 Å². The van der Waals surface area contributed by atoms with E-state index >= 15 is 0 Å². The monoisotopic (exact) mass is 278 g/mol. The molecule has 0 atom stereocenters. The standard InChI is InChI=1S/C14H14S3/c1-3-4-9-15-10-12-6-8-14(17-12)13-7-5-11(2)16-13/h3-9H,1,10H2,2H3. The number of hydrogen-bond donors (Lipinski definition) is 0. The van der Waals surface area contributed by atoms with E-state index in [1.807, 2.05) is 28.7 Å². The fraction of sp³-hybridized carbons (Fsp3) is 0.143. The van der Waals surface area contributed by atoms with Gasteiger partial charge in [0.05, 0.1) is 0 Å². The molecule has 2 rings (SSSR count). The number of thioether (sulfide) groups is 1. The second-order valence-electron chi connectivity index (χ2n) is 3.55. The zero-order chi connectivity index (χ0) is 12.1. The predicted molar refractivity (Wildman–Crippen MR) is 83.0 cm³/mol. The van der Waals surface area contributed by atoms with E-state index in [4.69, 9.17) is 0 Å². The molecule has 0 nitrogen and oxygen atoms in total. The first-order valence-corrected chi connectivity index (χ1v) is 8.02. The number of hydrogen-bond acceptors (Lipinski definition) is 3. The summed E-state index contributed by atoms with van der Waals surface area (Å²) in [6.45, 7) is 5.81. The molecule has 0 saturated carbocycles. The molecule has 3 heteroatoms. The molecule has 2 heterocycles. The summed E-state index contributed by atoms with van der Waals surface area (Å²) in [6.07, 6.45) is 3.78. The lowest BCUT2D eigenvalue weighted by molar-refractivity contribution is 1.56. The lowest BCUT2D eigenvalue weighted by Crippen LogP contribution is -1.66. The van der Waals surface area contributed by atoms with Crippen molar-refractivity contribution in [2.24, 2.45) is 0 Å². The second kappa shape index (κ2) is 6.24. The maximum Gasteiger partial charge on any atom is 0.0445 e. The summed E-state index contributed by atoms with van der Waals surface area (Å²) >= 11 is 5.56. The first-order chi connectivity index (χ1) is 8.29. The summed E-state index contributed by atoms with van der Waals surface area (Å²) < 4.78 is 0. The number of rotatable bonds is 5. The third-order valence-corrected chi connectivity index (χ3v) is 5.47. The van der Waals surface area contributed by atoms with E-state index in [1.54, 1.807) is 17.8 Å². The van der Waals surface area contributed by atoms with Gasteiger partial charge < -0.3 is 0 Å². The van der Waals surface area contributed by atoms with Crippen LogP contribution in [0.25, 0.3) is 9.75 Å². The molecule has 0 aliphatic rings. The van der Waals surface area contributed by atoms with Crippen molar-refractivity contribution in [1.29, 1.82) is 0 Å². The van der Waals surface area contributed by atoms with Crippen LogP contribution >= 0.6 is 34.4 Å². The Hall–Kier alpha value is -0.770. The zero-order valence-corrected chi connectivity index (χ0v) is 12.1. The first-order valence-electron chi connectivity index (χ1n) is 5.34. The minimum absolute atomic E-state index is 1.04. The Morgan fingerprint density at radius 1 is 1.18 bits per heavy atom. The summed E-state index contributed by atoms with van der Waals surface area (Å²) in [5.74, 6) is 1.04. The van der Waals surface area contributed by atoms with E-state index in [0.29, 0.717) is 0 Å². The summed E-state index contributed by atoms with van der Waals surface area (Å²) in [5, 5.41) is 2.09. The molecule has 0 fully saturated rings. The highest BCUT2D eigenvalue weighted by molar-refractivity contribution is 8.01. The number of thiophene rings is 2. The van der Waals surface area contributed by atoms with Gasteiger partial charge in [-0.1, -0.05) is 18.7 Å². The third-order valence-electron chi connectivity index (χ3n) is 2.18. The van der Waals surface area contributed by atoms with Crippen molar-refractivity contribution in [3.05, 3.63) is 58.2 Å². The van der Waals surface area contributed by atoms with Crippen molar-refractivity contribution in [2.75, 3.05) is 0 Å². The highest BCUT2D eigenvalue weighted by Crippen LogP contribution is 2.34. The van der Waals surface area contributed by atoms with Crippen molar-refractivity contribution in [1.82, 2.24) is 0 Å². The van der Waals surface area contributed by atoms with Gasteiger partial charge >= 0.3 is 0 Å². The van der Waals surface area contributed by atoms with Crippen molar-refractivity contribution in [2.45, 2.75) is 12.7 Å². The number of allylic oxidation sites excluding steroid dienone is 2. The van der Waals surface area contributed by atoms with E-state index in [0.717, 1.165) is 5.75 Å². The predicted octanol–water partition coefficient (Wildman–Crippen LogP) is 5.72. The van der Waals surface area contributed by atoms with Gasteiger partial charge in [-0.2, -0.15) is 0 Å². The van der Waals surface area contributed by atoms with Gasteiger partial charge in [-0.25, -0.2) is 0 Å². The normalized spacial score (nSPS) is 11.1. The molecule has 0 unspecified atom stereocenters. The lowest BCUT2D eigenvalue weighted by Gasteiger charge is -1.91. The molecule has 0 aliphatic heterocycles. The van der Waals surface area contributed by atoms with Crippen LogP contribution in [-0.2, 0) is 5.75 Å².